The second-order valence-electron chi connectivity index (χ2n) is 4.94. The Morgan fingerprint density at radius 1 is 1.12 bits per heavy atom. The molecule has 1 amide bonds. The van der Waals surface area contributed by atoms with E-state index in [4.69, 9.17) is 5.26 Å². The molecule has 2 aromatic carbocycles. The van der Waals surface area contributed by atoms with Crippen molar-refractivity contribution >= 4 is 23.6 Å². The summed E-state index contributed by atoms with van der Waals surface area (Å²) < 4.78 is 28.4. The Kier molecular flexibility index (Phi) is 6.01. The molecule has 0 bridgehead atoms. The molecule has 2 aromatic rings. The number of carboxylic acids is 1. The van der Waals surface area contributed by atoms with E-state index in [2.05, 4.69) is 10.1 Å². The second kappa shape index (κ2) is 8.39. The molecular weight excluding hydrogens is 346 g/mol. The second-order valence-corrected chi connectivity index (χ2v) is 4.94. The molecule has 26 heavy (non-hydrogen) atoms. The van der Waals surface area contributed by atoms with Gasteiger partial charge < -0.3 is 20.0 Å². The number of carboxylic acid groups (broad SMARTS) is 1. The Hall–Kier alpha value is -3.73. The van der Waals surface area contributed by atoms with Crippen LogP contribution in [-0.2, 0) is 4.79 Å². The van der Waals surface area contributed by atoms with E-state index in [9.17, 15) is 23.5 Å². The van der Waals surface area contributed by atoms with Gasteiger partial charge in [0, 0.05) is 5.69 Å². The number of amides is 1. The SMILES string of the molecule is N#C/C(=C\c1ccc(OC(F)F)cc1)C(=O)Nc1ccc(C(=O)[O-])cc1. The minimum absolute atomic E-state index is 0.0480. The average Bonchev–Trinajstić information content (AvgIpc) is 2.61. The highest BCUT2D eigenvalue weighted by Crippen LogP contribution is 2.17. The molecule has 0 saturated carbocycles. The number of alkyl halides is 2. The standard InChI is InChI=1S/C18H12F2N2O4/c19-18(20)26-15-7-1-11(2-8-15)9-13(10-21)16(23)22-14-5-3-12(4-6-14)17(24)25/h1-9,18H,(H,22,23)(H,24,25)/p-1/b13-9+. The Labute approximate surface area is 146 Å². The summed E-state index contributed by atoms with van der Waals surface area (Å²) in [6, 6.07) is 12.3. The maximum atomic E-state index is 12.1. The van der Waals surface area contributed by atoms with Gasteiger partial charge in [0.05, 0.1) is 5.97 Å². The maximum absolute atomic E-state index is 12.1. The summed E-state index contributed by atoms with van der Waals surface area (Å²) in [6.45, 7) is -2.94. The molecule has 0 spiro atoms. The largest absolute Gasteiger partial charge is 0.545 e. The third-order valence-corrected chi connectivity index (χ3v) is 3.16. The van der Waals surface area contributed by atoms with Gasteiger partial charge in [-0.1, -0.05) is 24.3 Å². The van der Waals surface area contributed by atoms with Gasteiger partial charge in [-0.15, -0.1) is 0 Å². The fourth-order valence-electron chi connectivity index (χ4n) is 1.95. The van der Waals surface area contributed by atoms with E-state index < -0.39 is 18.5 Å². The van der Waals surface area contributed by atoms with Crippen LogP contribution >= 0.6 is 0 Å². The summed E-state index contributed by atoms with van der Waals surface area (Å²) >= 11 is 0. The van der Waals surface area contributed by atoms with Gasteiger partial charge in [-0.05, 0) is 41.5 Å². The fraction of sp³-hybridized carbons (Fsp3) is 0.0556. The van der Waals surface area contributed by atoms with Crippen LogP contribution in [0.2, 0.25) is 0 Å². The lowest BCUT2D eigenvalue weighted by Gasteiger charge is -2.07. The summed E-state index contributed by atoms with van der Waals surface area (Å²) in [5, 5.41) is 22.3. The van der Waals surface area contributed by atoms with Crippen molar-refractivity contribution in [1.29, 1.82) is 5.26 Å². The van der Waals surface area contributed by atoms with E-state index in [1.165, 1.54) is 54.6 Å². The number of rotatable bonds is 6. The number of hydrogen-bond acceptors (Lipinski definition) is 5. The van der Waals surface area contributed by atoms with Gasteiger partial charge in [-0.2, -0.15) is 14.0 Å². The van der Waals surface area contributed by atoms with Crippen molar-refractivity contribution < 1.29 is 28.2 Å². The fourth-order valence-corrected chi connectivity index (χ4v) is 1.95. The van der Waals surface area contributed by atoms with Crippen molar-refractivity contribution in [2.75, 3.05) is 5.32 Å². The van der Waals surface area contributed by atoms with Crippen LogP contribution in [0, 0.1) is 11.3 Å². The van der Waals surface area contributed by atoms with Crippen LogP contribution in [-0.4, -0.2) is 18.5 Å². The molecule has 2 rings (SSSR count). The first-order chi connectivity index (χ1) is 12.4. The Morgan fingerprint density at radius 3 is 2.23 bits per heavy atom. The molecule has 0 aliphatic carbocycles. The number of nitriles is 1. The zero-order valence-electron chi connectivity index (χ0n) is 13.1. The average molecular weight is 357 g/mol. The number of halogens is 2. The van der Waals surface area contributed by atoms with Crippen LogP contribution in [0.15, 0.2) is 54.1 Å². The molecule has 8 heteroatoms. The van der Waals surface area contributed by atoms with E-state index in [1.54, 1.807) is 6.07 Å². The lowest BCUT2D eigenvalue weighted by molar-refractivity contribution is -0.255. The first kappa shape index (κ1) is 18.6. The van der Waals surface area contributed by atoms with Crippen molar-refractivity contribution in [3.8, 4) is 11.8 Å². The third kappa shape index (κ3) is 5.14. The van der Waals surface area contributed by atoms with E-state index in [-0.39, 0.29) is 16.9 Å². The van der Waals surface area contributed by atoms with Gasteiger partial charge in [0.1, 0.15) is 17.4 Å². The number of ether oxygens (including phenoxy) is 1. The molecule has 6 nitrogen and oxygen atoms in total. The summed E-state index contributed by atoms with van der Waals surface area (Å²) in [5.41, 5.74) is 0.453. The van der Waals surface area contributed by atoms with Crippen LogP contribution in [0.25, 0.3) is 6.08 Å². The number of nitrogens with one attached hydrogen (secondary N) is 1. The minimum Gasteiger partial charge on any atom is -0.545 e. The van der Waals surface area contributed by atoms with Gasteiger partial charge in [-0.3, -0.25) is 4.79 Å². The van der Waals surface area contributed by atoms with Gasteiger partial charge in [0.15, 0.2) is 0 Å². The smallest absolute Gasteiger partial charge is 0.387 e. The molecule has 0 saturated heterocycles. The molecule has 0 radical (unpaired) electrons. The highest BCUT2D eigenvalue weighted by atomic mass is 19.3. The van der Waals surface area contributed by atoms with Gasteiger partial charge in [0.25, 0.3) is 5.91 Å². The molecule has 1 N–H and O–H groups in total. The third-order valence-electron chi connectivity index (χ3n) is 3.16. The summed E-state index contributed by atoms with van der Waals surface area (Å²) in [4.78, 5) is 22.8. The maximum Gasteiger partial charge on any atom is 0.387 e. The molecule has 132 valence electrons. The number of aromatic carboxylic acids is 1. The number of anilines is 1. The van der Waals surface area contributed by atoms with E-state index >= 15 is 0 Å². The lowest BCUT2D eigenvalue weighted by atomic mass is 10.1. The zero-order chi connectivity index (χ0) is 19.1. The summed E-state index contributed by atoms with van der Waals surface area (Å²) in [6.07, 6.45) is 1.27. The summed E-state index contributed by atoms with van der Waals surface area (Å²) in [7, 11) is 0. The molecule has 0 fully saturated rings. The predicted octanol–water partition coefficient (Wildman–Crippen LogP) is 2.20. The Bertz CT molecular complexity index is 870. The molecule has 0 aliphatic rings. The number of benzene rings is 2. The normalized spacial score (nSPS) is 10.9. The van der Waals surface area contributed by atoms with Crippen molar-refractivity contribution in [2.24, 2.45) is 0 Å². The first-order valence-electron chi connectivity index (χ1n) is 7.18. The quantitative estimate of drug-likeness (QED) is 0.631. The van der Waals surface area contributed by atoms with Crippen molar-refractivity contribution in [1.82, 2.24) is 0 Å². The predicted molar refractivity (Wildman–Crippen MR) is 86.1 cm³/mol. The van der Waals surface area contributed by atoms with Gasteiger partial charge in [-0.25, -0.2) is 0 Å². The number of carbonyl (C=O) groups is 2. The monoisotopic (exact) mass is 357 g/mol. The lowest BCUT2D eigenvalue weighted by Crippen LogP contribution is -2.22. The zero-order valence-corrected chi connectivity index (χ0v) is 13.1. The van der Waals surface area contributed by atoms with Crippen LogP contribution < -0.4 is 15.2 Å². The van der Waals surface area contributed by atoms with E-state index in [1.807, 2.05) is 0 Å². The van der Waals surface area contributed by atoms with Crippen molar-refractivity contribution in [2.45, 2.75) is 6.61 Å². The number of carbonyl (C=O) groups excluding carboxylic acids is 2. The van der Waals surface area contributed by atoms with Gasteiger partial charge in [0.2, 0.25) is 0 Å². The molecule has 0 heterocycles. The highest BCUT2D eigenvalue weighted by molar-refractivity contribution is 6.09. The molecule has 0 aromatic heterocycles. The first-order valence-corrected chi connectivity index (χ1v) is 7.18. The topological polar surface area (TPSA) is 102 Å². The number of nitrogens with zero attached hydrogens (tertiary/aromatic N) is 1. The molecule has 0 atom stereocenters. The van der Waals surface area contributed by atoms with Crippen molar-refractivity contribution in [3.05, 3.63) is 65.2 Å². The summed E-state index contributed by atoms with van der Waals surface area (Å²) in [5.74, 6) is -2.10. The van der Waals surface area contributed by atoms with E-state index in [0.29, 0.717) is 11.3 Å². The van der Waals surface area contributed by atoms with Gasteiger partial charge >= 0.3 is 6.61 Å². The van der Waals surface area contributed by atoms with Crippen LogP contribution in [0.5, 0.6) is 5.75 Å². The molecular formula is C18H11F2N2O4-. The Morgan fingerprint density at radius 2 is 1.73 bits per heavy atom. The van der Waals surface area contributed by atoms with Crippen LogP contribution in [0.4, 0.5) is 14.5 Å². The molecule has 0 aliphatic heterocycles. The van der Waals surface area contributed by atoms with Crippen LogP contribution in [0.1, 0.15) is 15.9 Å². The van der Waals surface area contributed by atoms with Crippen LogP contribution in [0.3, 0.4) is 0 Å². The van der Waals surface area contributed by atoms with E-state index in [0.717, 1.165) is 0 Å². The number of hydrogen-bond donors (Lipinski definition) is 1. The Balaban J connectivity index is 2.11. The molecule has 0 unspecified atom stereocenters. The van der Waals surface area contributed by atoms with Crippen molar-refractivity contribution in [3.63, 3.8) is 0 Å². The highest BCUT2D eigenvalue weighted by Gasteiger charge is 2.10. The minimum atomic E-state index is -2.94.